The molecule has 0 aliphatic rings. The largest absolute Gasteiger partial charge is 0.462 e. The van der Waals surface area contributed by atoms with Crippen LogP contribution >= 0.6 is 15.9 Å². The molecular formula is C15H13BrFNO3. The van der Waals surface area contributed by atoms with Gasteiger partial charge < -0.3 is 15.2 Å². The van der Waals surface area contributed by atoms with Crippen LogP contribution < -0.4 is 10.5 Å². The van der Waals surface area contributed by atoms with Crippen LogP contribution in [-0.4, -0.2) is 12.6 Å². The normalized spacial score (nSPS) is 10.2. The fourth-order valence-corrected chi connectivity index (χ4v) is 1.88. The predicted octanol–water partition coefficient (Wildman–Crippen LogP) is 4.14. The lowest BCUT2D eigenvalue weighted by Gasteiger charge is -2.10. The van der Waals surface area contributed by atoms with Gasteiger partial charge in [-0.15, -0.1) is 0 Å². The van der Waals surface area contributed by atoms with E-state index in [1.54, 1.807) is 19.1 Å². The second kappa shape index (κ2) is 6.58. The van der Waals surface area contributed by atoms with Crippen molar-refractivity contribution in [2.45, 2.75) is 6.92 Å². The molecule has 0 amide bonds. The summed E-state index contributed by atoms with van der Waals surface area (Å²) in [6, 6.07) is 8.88. The molecule has 0 aromatic heterocycles. The van der Waals surface area contributed by atoms with Crippen molar-refractivity contribution in [1.82, 2.24) is 0 Å². The van der Waals surface area contributed by atoms with Gasteiger partial charge in [-0.25, -0.2) is 9.18 Å². The maximum atomic E-state index is 13.5. The lowest BCUT2D eigenvalue weighted by atomic mass is 10.2. The maximum absolute atomic E-state index is 13.5. The molecule has 0 heterocycles. The molecular weight excluding hydrogens is 341 g/mol. The van der Waals surface area contributed by atoms with Crippen LogP contribution in [0.15, 0.2) is 40.9 Å². The van der Waals surface area contributed by atoms with Gasteiger partial charge in [0.25, 0.3) is 0 Å². The van der Waals surface area contributed by atoms with Gasteiger partial charge in [0.1, 0.15) is 11.6 Å². The summed E-state index contributed by atoms with van der Waals surface area (Å²) in [6.45, 7) is 1.99. The molecule has 2 N–H and O–H groups in total. The molecule has 21 heavy (non-hydrogen) atoms. The van der Waals surface area contributed by atoms with Crippen molar-refractivity contribution in [3.05, 3.63) is 52.3 Å². The number of esters is 1. The van der Waals surface area contributed by atoms with Gasteiger partial charge in [0.05, 0.1) is 22.3 Å². The van der Waals surface area contributed by atoms with Crippen LogP contribution in [0.25, 0.3) is 0 Å². The van der Waals surface area contributed by atoms with E-state index in [4.69, 9.17) is 15.2 Å². The summed E-state index contributed by atoms with van der Waals surface area (Å²) in [4.78, 5) is 11.7. The molecule has 6 heteroatoms. The third-order valence-corrected chi connectivity index (χ3v) is 3.29. The topological polar surface area (TPSA) is 61.5 Å². The standard InChI is InChI=1S/C15H13BrFNO3/c1-2-20-15(19)9-3-6-13(18)14(7-9)21-10-4-5-11(16)12(17)8-10/h3-8H,2,18H2,1H3. The number of benzene rings is 2. The highest BCUT2D eigenvalue weighted by Gasteiger charge is 2.11. The Bertz CT molecular complexity index is 676. The van der Waals surface area contributed by atoms with Gasteiger partial charge in [-0.1, -0.05) is 0 Å². The lowest BCUT2D eigenvalue weighted by molar-refractivity contribution is 0.0526. The monoisotopic (exact) mass is 353 g/mol. The van der Waals surface area contributed by atoms with E-state index in [1.165, 1.54) is 24.3 Å². The van der Waals surface area contributed by atoms with Gasteiger partial charge in [-0.05, 0) is 53.2 Å². The molecule has 0 atom stereocenters. The van der Waals surface area contributed by atoms with E-state index in [1.807, 2.05) is 0 Å². The number of nitrogen functional groups attached to an aromatic ring is 1. The Morgan fingerprint density at radius 3 is 2.71 bits per heavy atom. The summed E-state index contributed by atoms with van der Waals surface area (Å²) in [5.41, 5.74) is 6.46. The molecule has 0 aliphatic carbocycles. The maximum Gasteiger partial charge on any atom is 0.338 e. The quantitative estimate of drug-likeness (QED) is 0.662. The fraction of sp³-hybridized carbons (Fsp3) is 0.133. The molecule has 0 fully saturated rings. The minimum atomic E-state index is -0.468. The zero-order valence-corrected chi connectivity index (χ0v) is 12.8. The average Bonchev–Trinajstić information content (AvgIpc) is 2.45. The lowest BCUT2D eigenvalue weighted by Crippen LogP contribution is -2.05. The number of anilines is 1. The molecule has 0 saturated heterocycles. The molecule has 0 aliphatic heterocycles. The third-order valence-electron chi connectivity index (χ3n) is 2.64. The number of carbonyl (C=O) groups excluding carboxylic acids is 1. The van der Waals surface area contributed by atoms with Crippen molar-refractivity contribution in [2.24, 2.45) is 0 Å². The van der Waals surface area contributed by atoms with E-state index in [9.17, 15) is 9.18 Å². The number of rotatable bonds is 4. The number of nitrogens with two attached hydrogens (primary N) is 1. The Labute approximate surface area is 129 Å². The Hall–Kier alpha value is -2.08. The Morgan fingerprint density at radius 1 is 1.29 bits per heavy atom. The minimum absolute atomic E-state index is 0.266. The van der Waals surface area contributed by atoms with Gasteiger partial charge in [-0.2, -0.15) is 0 Å². The molecule has 2 aromatic rings. The van der Waals surface area contributed by atoms with E-state index >= 15 is 0 Å². The van der Waals surface area contributed by atoms with Gasteiger partial charge >= 0.3 is 5.97 Å². The highest BCUT2D eigenvalue weighted by Crippen LogP contribution is 2.30. The first kappa shape index (κ1) is 15.3. The first-order chi connectivity index (χ1) is 10.0. The summed E-state index contributed by atoms with van der Waals surface area (Å²) in [6.07, 6.45) is 0. The van der Waals surface area contributed by atoms with Crippen LogP contribution in [0.1, 0.15) is 17.3 Å². The van der Waals surface area contributed by atoms with Gasteiger partial charge in [0, 0.05) is 6.07 Å². The Balaban J connectivity index is 2.28. The van der Waals surface area contributed by atoms with E-state index in [2.05, 4.69) is 15.9 Å². The number of ether oxygens (including phenoxy) is 2. The minimum Gasteiger partial charge on any atom is -0.462 e. The first-order valence-electron chi connectivity index (χ1n) is 6.20. The SMILES string of the molecule is CCOC(=O)c1ccc(N)c(Oc2ccc(Br)c(F)c2)c1. The summed E-state index contributed by atoms with van der Waals surface area (Å²) in [7, 11) is 0. The van der Waals surface area contributed by atoms with Crippen molar-refractivity contribution >= 4 is 27.6 Å². The molecule has 0 saturated carbocycles. The molecule has 0 unspecified atom stereocenters. The van der Waals surface area contributed by atoms with Crippen molar-refractivity contribution in [3.63, 3.8) is 0 Å². The van der Waals surface area contributed by atoms with E-state index in [-0.39, 0.29) is 18.1 Å². The van der Waals surface area contributed by atoms with Crippen LogP contribution in [0, 0.1) is 5.82 Å². The summed E-state index contributed by atoms with van der Waals surface area (Å²) < 4.78 is 24.2. The zero-order valence-electron chi connectivity index (χ0n) is 11.2. The molecule has 0 spiro atoms. The molecule has 2 rings (SSSR count). The highest BCUT2D eigenvalue weighted by molar-refractivity contribution is 9.10. The number of halogens is 2. The molecule has 0 bridgehead atoms. The molecule has 110 valence electrons. The van der Waals surface area contributed by atoms with E-state index < -0.39 is 11.8 Å². The van der Waals surface area contributed by atoms with Crippen LogP contribution in [0.4, 0.5) is 10.1 Å². The predicted molar refractivity (Wildman–Crippen MR) is 81.0 cm³/mol. The summed E-state index contributed by atoms with van der Waals surface area (Å²) in [5, 5.41) is 0. The molecule has 4 nitrogen and oxygen atoms in total. The smallest absolute Gasteiger partial charge is 0.338 e. The van der Waals surface area contributed by atoms with Crippen LogP contribution in [0.2, 0.25) is 0 Å². The zero-order chi connectivity index (χ0) is 15.4. The molecule has 0 radical (unpaired) electrons. The van der Waals surface area contributed by atoms with E-state index in [0.29, 0.717) is 15.7 Å². The van der Waals surface area contributed by atoms with Crippen molar-refractivity contribution in [1.29, 1.82) is 0 Å². The molecule has 2 aromatic carbocycles. The Kier molecular flexibility index (Phi) is 4.80. The summed E-state index contributed by atoms with van der Waals surface area (Å²) in [5.74, 6) is -0.373. The first-order valence-corrected chi connectivity index (χ1v) is 7.00. The number of hydrogen-bond donors (Lipinski definition) is 1. The third kappa shape index (κ3) is 3.72. The Morgan fingerprint density at radius 2 is 2.05 bits per heavy atom. The van der Waals surface area contributed by atoms with Crippen molar-refractivity contribution in [2.75, 3.05) is 12.3 Å². The highest BCUT2D eigenvalue weighted by atomic mass is 79.9. The van der Waals surface area contributed by atoms with Crippen LogP contribution in [0.5, 0.6) is 11.5 Å². The second-order valence-corrected chi connectivity index (χ2v) is 5.01. The summed E-state index contributed by atoms with van der Waals surface area (Å²) >= 11 is 3.06. The van der Waals surface area contributed by atoms with Gasteiger partial charge in [0.2, 0.25) is 0 Å². The average molecular weight is 354 g/mol. The second-order valence-electron chi connectivity index (χ2n) is 4.15. The number of hydrogen-bond acceptors (Lipinski definition) is 4. The number of carbonyl (C=O) groups is 1. The van der Waals surface area contributed by atoms with Crippen molar-refractivity contribution < 1.29 is 18.7 Å². The van der Waals surface area contributed by atoms with Crippen molar-refractivity contribution in [3.8, 4) is 11.5 Å². The van der Waals surface area contributed by atoms with Crippen LogP contribution in [-0.2, 0) is 4.74 Å². The van der Waals surface area contributed by atoms with Gasteiger partial charge in [0.15, 0.2) is 5.75 Å². The fourth-order valence-electron chi connectivity index (χ4n) is 1.63. The van der Waals surface area contributed by atoms with E-state index in [0.717, 1.165) is 0 Å². The van der Waals surface area contributed by atoms with Crippen LogP contribution in [0.3, 0.4) is 0 Å². The van der Waals surface area contributed by atoms with Gasteiger partial charge in [-0.3, -0.25) is 0 Å².